The average Bonchev–Trinajstić information content (AvgIpc) is 2.37. The van der Waals surface area contributed by atoms with Gasteiger partial charge < -0.3 is 0 Å². The lowest BCUT2D eigenvalue weighted by atomic mass is 10.1. The summed E-state index contributed by atoms with van der Waals surface area (Å²) in [6, 6.07) is 3.50. The monoisotopic (exact) mass is 332 g/mol. The van der Waals surface area contributed by atoms with Crippen molar-refractivity contribution in [3.05, 3.63) is 33.3 Å². The molecular weight excluding hydrogens is 316 g/mol. The van der Waals surface area contributed by atoms with Crippen molar-refractivity contribution in [1.29, 1.82) is 0 Å². The van der Waals surface area contributed by atoms with E-state index in [0.29, 0.717) is 13.1 Å². The number of sulfonamides is 1. The Morgan fingerprint density at radius 3 is 2.24 bits per heavy atom. The predicted molar refractivity (Wildman–Crippen MR) is 80.0 cm³/mol. The van der Waals surface area contributed by atoms with Gasteiger partial charge in [-0.3, -0.25) is 10.1 Å². The molecule has 1 aromatic carbocycles. The zero-order valence-corrected chi connectivity index (χ0v) is 13.1. The van der Waals surface area contributed by atoms with Crippen molar-refractivity contribution in [1.82, 2.24) is 4.31 Å². The number of hydrogen-bond donors (Lipinski definition) is 0. The first kappa shape index (κ1) is 16.2. The van der Waals surface area contributed by atoms with Crippen LogP contribution < -0.4 is 0 Å². The molecule has 2 rings (SSSR count). The Hall–Kier alpha value is -1.18. The van der Waals surface area contributed by atoms with Gasteiger partial charge in [-0.05, 0) is 18.9 Å². The number of nitro benzene ring substituents is 1. The molecule has 1 fully saturated rings. The molecule has 0 spiro atoms. The largest absolute Gasteiger partial charge is 0.270 e. The van der Waals surface area contributed by atoms with Gasteiger partial charge in [-0.15, -0.1) is 0 Å². The summed E-state index contributed by atoms with van der Waals surface area (Å²) in [4.78, 5) is 10.0. The van der Waals surface area contributed by atoms with Crippen LogP contribution in [0.1, 0.15) is 32.1 Å². The molecule has 0 N–H and O–H groups in total. The molecule has 1 saturated heterocycles. The molecule has 0 saturated carbocycles. The van der Waals surface area contributed by atoms with Gasteiger partial charge in [0.25, 0.3) is 5.69 Å². The minimum atomic E-state index is -3.79. The van der Waals surface area contributed by atoms with E-state index >= 15 is 0 Å². The van der Waals surface area contributed by atoms with Gasteiger partial charge in [0.2, 0.25) is 10.0 Å². The van der Waals surface area contributed by atoms with Crippen LogP contribution in [0.2, 0.25) is 5.02 Å². The molecule has 0 aromatic heterocycles. The van der Waals surface area contributed by atoms with Gasteiger partial charge in [0.15, 0.2) is 0 Å². The van der Waals surface area contributed by atoms with Crippen LogP contribution in [0.3, 0.4) is 0 Å². The molecule has 1 aliphatic rings. The summed E-state index contributed by atoms with van der Waals surface area (Å²) >= 11 is 5.95. The van der Waals surface area contributed by atoms with Crippen molar-refractivity contribution in [3.8, 4) is 0 Å². The Morgan fingerprint density at radius 1 is 1.10 bits per heavy atom. The van der Waals surface area contributed by atoms with Crippen LogP contribution in [0, 0.1) is 10.1 Å². The molecular formula is C13H17ClN2O4S. The van der Waals surface area contributed by atoms with Crippen molar-refractivity contribution in [3.63, 3.8) is 0 Å². The Bertz CT molecular complexity index is 625. The van der Waals surface area contributed by atoms with Crippen LogP contribution in [-0.2, 0) is 10.0 Å². The highest BCUT2D eigenvalue weighted by atomic mass is 35.5. The fourth-order valence-corrected chi connectivity index (χ4v) is 4.41. The summed E-state index contributed by atoms with van der Waals surface area (Å²) in [5.74, 6) is 0. The summed E-state index contributed by atoms with van der Waals surface area (Å²) < 4.78 is 26.7. The second kappa shape index (κ2) is 6.72. The highest BCUT2D eigenvalue weighted by molar-refractivity contribution is 7.89. The van der Waals surface area contributed by atoms with E-state index in [9.17, 15) is 18.5 Å². The van der Waals surface area contributed by atoms with Crippen molar-refractivity contribution in [2.45, 2.75) is 37.0 Å². The number of nitrogens with zero attached hydrogens (tertiary/aromatic N) is 2. The molecule has 8 heteroatoms. The lowest BCUT2D eigenvalue weighted by molar-refractivity contribution is -0.385. The first-order valence-corrected chi connectivity index (χ1v) is 8.69. The molecule has 1 aliphatic heterocycles. The van der Waals surface area contributed by atoms with Gasteiger partial charge in [0.05, 0.1) is 9.95 Å². The third-order valence-corrected chi connectivity index (χ3v) is 5.94. The van der Waals surface area contributed by atoms with Crippen LogP contribution in [0.5, 0.6) is 0 Å². The highest BCUT2D eigenvalue weighted by Gasteiger charge is 2.28. The van der Waals surface area contributed by atoms with E-state index in [1.165, 1.54) is 16.4 Å². The van der Waals surface area contributed by atoms with Crippen molar-refractivity contribution in [2.24, 2.45) is 0 Å². The number of nitro groups is 1. The second-order valence-corrected chi connectivity index (χ2v) is 7.36. The maximum Gasteiger partial charge on any atom is 0.270 e. The molecule has 0 atom stereocenters. The average molecular weight is 333 g/mol. The van der Waals surface area contributed by atoms with Gasteiger partial charge in [0.1, 0.15) is 4.90 Å². The molecule has 6 nitrogen and oxygen atoms in total. The Morgan fingerprint density at radius 2 is 1.67 bits per heavy atom. The number of halogens is 1. The Balaban J connectivity index is 2.37. The fraction of sp³-hybridized carbons (Fsp3) is 0.538. The highest BCUT2D eigenvalue weighted by Crippen LogP contribution is 2.29. The van der Waals surface area contributed by atoms with Crippen molar-refractivity contribution < 1.29 is 13.3 Å². The smallest absolute Gasteiger partial charge is 0.258 e. The lowest BCUT2D eigenvalue weighted by Gasteiger charge is -2.24. The lowest BCUT2D eigenvalue weighted by Crippen LogP contribution is -2.34. The normalized spacial score (nSPS) is 18.0. The predicted octanol–water partition coefficient (Wildman–Crippen LogP) is 3.20. The van der Waals surface area contributed by atoms with Crippen LogP contribution in [0.25, 0.3) is 0 Å². The van der Waals surface area contributed by atoms with Crippen LogP contribution >= 0.6 is 11.6 Å². The Labute approximate surface area is 128 Å². The molecule has 0 amide bonds. The molecule has 0 aliphatic carbocycles. The second-order valence-electron chi connectivity index (χ2n) is 5.04. The van der Waals surface area contributed by atoms with Gasteiger partial charge in [-0.25, -0.2) is 8.42 Å². The van der Waals surface area contributed by atoms with E-state index in [1.54, 1.807) is 0 Å². The molecule has 0 bridgehead atoms. The standard InChI is InChI=1S/C13H17ClN2O4S/c14-12-7-6-11(16(17)18)10-13(12)21(19,20)15-8-4-2-1-3-5-9-15/h6-7,10H,1-5,8-9H2. The van der Waals surface area contributed by atoms with E-state index in [2.05, 4.69) is 0 Å². The summed E-state index contributed by atoms with van der Waals surface area (Å²) in [6.45, 7) is 0.864. The first-order valence-electron chi connectivity index (χ1n) is 6.87. The van der Waals surface area contributed by atoms with Gasteiger partial charge in [0, 0.05) is 25.2 Å². The maximum absolute atomic E-state index is 12.7. The van der Waals surface area contributed by atoms with Gasteiger partial charge in [-0.2, -0.15) is 4.31 Å². The van der Waals surface area contributed by atoms with E-state index < -0.39 is 14.9 Å². The zero-order valence-electron chi connectivity index (χ0n) is 11.5. The molecule has 0 radical (unpaired) electrons. The minimum absolute atomic E-state index is 0.0164. The number of benzene rings is 1. The van der Waals surface area contributed by atoms with Crippen LogP contribution in [0.15, 0.2) is 23.1 Å². The van der Waals surface area contributed by atoms with Crippen LogP contribution in [-0.4, -0.2) is 30.7 Å². The third-order valence-electron chi connectivity index (χ3n) is 3.56. The molecule has 1 heterocycles. The molecule has 0 unspecified atom stereocenters. The quantitative estimate of drug-likeness (QED) is 0.628. The minimum Gasteiger partial charge on any atom is -0.258 e. The topological polar surface area (TPSA) is 80.5 Å². The van der Waals surface area contributed by atoms with E-state index in [-0.39, 0.29) is 15.6 Å². The van der Waals surface area contributed by atoms with Crippen molar-refractivity contribution >= 4 is 27.3 Å². The van der Waals surface area contributed by atoms with E-state index in [1.807, 2.05) is 0 Å². The molecule has 116 valence electrons. The Kier molecular flexibility index (Phi) is 5.18. The molecule has 1 aromatic rings. The van der Waals surface area contributed by atoms with Gasteiger partial charge >= 0.3 is 0 Å². The van der Waals surface area contributed by atoms with Gasteiger partial charge in [-0.1, -0.05) is 30.9 Å². The first-order chi connectivity index (χ1) is 9.93. The number of hydrogen-bond acceptors (Lipinski definition) is 4. The maximum atomic E-state index is 12.7. The van der Waals surface area contributed by atoms with E-state index in [4.69, 9.17) is 11.6 Å². The van der Waals surface area contributed by atoms with Crippen molar-refractivity contribution in [2.75, 3.05) is 13.1 Å². The fourth-order valence-electron chi connectivity index (χ4n) is 2.40. The number of rotatable bonds is 3. The number of non-ortho nitro benzene ring substituents is 1. The van der Waals surface area contributed by atoms with E-state index in [0.717, 1.165) is 38.2 Å². The zero-order chi connectivity index (χ0) is 15.5. The summed E-state index contributed by atoms with van der Waals surface area (Å²) in [6.07, 6.45) is 4.70. The molecule has 21 heavy (non-hydrogen) atoms. The van der Waals surface area contributed by atoms with Crippen LogP contribution in [0.4, 0.5) is 5.69 Å². The summed E-state index contributed by atoms with van der Waals surface area (Å²) in [5, 5.41) is 10.8. The SMILES string of the molecule is O=[N+]([O-])c1ccc(Cl)c(S(=O)(=O)N2CCCCCCC2)c1. The summed E-state index contributed by atoms with van der Waals surface area (Å²) in [7, 11) is -3.79. The summed E-state index contributed by atoms with van der Waals surface area (Å²) in [5.41, 5.74) is -0.273. The third kappa shape index (κ3) is 3.72.